The molecule has 1 aliphatic carbocycles. The first-order valence-corrected chi connectivity index (χ1v) is 6.24. The van der Waals surface area contributed by atoms with E-state index in [1.807, 2.05) is 6.92 Å². The number of H-pyrrole nitrogens is 1. The van der Waals surface area contributed by atoms with Crippen molar-refractivity contribution in [3.8, 4) is 0 Å². The summed E-state index contributed by atoms with van der Waals surface area (Å²) in [5, 5.41) is 6.00. The number of nitrogens with two attached hydrogens (primary N) is 1. The van der Waals surface area contributed by atoms with Crippen molar-refractivity contribution in [2.24, 2.45) is 0 Å². The molecule has 1 fully saturated rings. The molecule has 0 bridgehead atoms. The summed E-state index contributed by atoms with van der Waals surface area (Å²) < 4.78 is 26.4. The lowest BCUT2D eigenvalue weighted by Crippen LogP contribution is -2.50. The highest BCUT2D eigenvalue weighted by Crippen LogP contribution is 2.32. The van der Waals surface area contributed by atoms with Gasteiger partial charge in [0.05, 0.1) is 6.20 Å². The molecule has 2 rings (SSSR count). The van der Waals surface area contributed by atoms with E-state index in [2.05, 4.69) is 14.9 Å². The number of sulfonamides is 1. The smallest absolute Gasteiger partial charge is 0.246 e. The predicted molar refractivity (Wildman–Crippen MR) is 55.6 cm³/mol. The summed E-state index contributed by atoms with van der Waals surface area (Å²) in [6.45, 7) is 1.89. The van der Waals surface area contributed by atoms with E-state index in [-0.39, 0.29) is 16.3 Å². The van der Waals surface area contributed by atoms with Crippen molar-refractivity contribution in [3.05, 3.63) is 6.20 Å². The first kappa shape index (κ1) is 10.4. The second kappa shape index (κ2) is 3.21. The lowest BCUT2D eigenvalue weighted by Gasteiger charge is -2.38. The molecule has 6 nitrogen and oxygen atoms in total. The van der Waals surface area contributed by atoms with Gasteiger partial charge in [-0.25, -0.2) is 13.1 Å². The van der Waals surface area contributed by atoms with Crippen molar-refractivity contribution in [2.75, 3.05) is 5.73 Å². The molecule has 1 heterocycles. The highest BCUT2D eigenvalue weighted by Gasteiger charge is 2.37. The Morgan fingerprint density at radius 2 is 2.27 bits per heavy atom. The first-order valence-electron chi connectivity index (χ1n) is 4.76. The van der Waals surface area contributed by atoms with E-state index in [0.29, 0.717) is 0 Å². The van der Waals surface area contributed by atoms with Crippen LogP contribution in [0.25, 0.3) is 0 Å². The lowest BCUT2D eigenvalue weighted by molar-refractivity contribution is 0.248. The van der Waals surface area contributed by atoms with Gasteiger partial charge in [-0.1, -0.05) is 0 Å². The normalized spacial score (nSPS) is 19.8. The van der Waals surface area contributed by atoms with Gasteiger partial charge in [-0.05, 0) is 26.2 Å². The van der Waals surface area contributed by atoms with Crippen LogP contribution in [0.5, 0.6) is 0 Å². The van der Waals surface area contributed by atoms with Gasteiger partial charge in [0, 0.05) is 5.54 Å². The van der Waals surface area contributed by atoms with Gasteiger partial charge in [0.15, 0.2) is 0 Å². The van der Waals surface area contributed by atoms with Crippen LogP contribution in [0.15, 0.2) is 11.1 Å². The third-order valence-electron chi connectivity index (χ3n) is 2.76. The van der Waals surface area contributed by atoms with Crippen molar-refractivity contribution in [3.63, 3.8) is 0 Å². The molecule has 1 aromatic heterocycles. The van der Waals surface area contributed by atoms with Crippen LogP contribution in [-0.2, 0) is 10.0 Å². The van der Waals surface area contributed by atoms with Gasteiger partial charge in [-0.2, -0.15) is 5.10 Å². The fourth-order valence-electron chi connectivity index (χ4n) is 1.69. The average Bonchev–Trinajstić information content (AvgIpc) is 2.48. The Labute approximate surface area is 88.3 Å². The standard InChI is InChI=1S/C8H14N4O2S/c1-8(3-2-4-8)12-15(13,14)6-5-10-11-7(6)9/h5,12H,2-4H2,1H3,(H3,9,10,11). The maximum Gasteiger partial charge on any atom is 0.246 e. The molecule has 1 aromatic rings. The summed E-state index contributed by atoms with van der Waals surface area (Å²) in [7, 11) is -3.53. The Balaban J connectivity index is 2.24. The first-order chi connectivity index (χ1) is 6.93. The summed E-state index contributed by atoms with van der Waals surface area (Å²) in [5.74, 6) is 0.0745. The summed E-state index contributed by atoms with van der Waals surface area (Å²) in [6.07, 6.45) is 4.01. The van der Waals surface area contributed by atoms with Crippen molar-refractivity contribution >= 4 is 15.8 Å². The fraction of sp³-hybridized carbons (Fsp3) is 0.625. The molecule has 0 radical (unpaired) electrons. The Morgan fingerprint density at radius 1 is 1.60 bits per heavy atom. The molecule has 4 N–H and O–H groups in total. The number of nitrogens with one attached hydrogen (secondary N) is 2. The number of aromatic nitrogens is 2. The zero-order valence-electron chi connectivity index (χ0n) is 8.45. The number of hydrogen-bond acceptors (Lipinski definition) is 4. The van der Waals surface area contributed by atoms with E-state index in [1.54, 1.807) is 0 Å². The number of hydrogen-bond donors (Lipinski definition) is 3. The third-order valence-corrected chi connectivity index (χ3v) is 4.43. The number of nitrogens with zero attached hydrogens (tertiary/aromatic N) is 1. The van der Waals surface area contributed by atoms with E-state index in [1.165, 1.54) is 6.20 Å². The number of nitrogen functional groups attached to an aromatic ring is 1. The quantitative estimate of drug-likeness (QED) is 0.691. The zero-order chi connectivity index (χ0) is 11.1. The minimum atomic E-state index is -3.53. The van der Waals surface area contributed by atoms with E-state index in [4.69, 9.17) is 5.73 Å². The molecular formula is C8H14N4O2S. The van der Waals surface area contributed by atoms with Crippen LogP contribution in [0.3, 0.4) is 0 Å². The topological polar surface area (TPSA) is 101 Å². The predicted octanol–water partition coefficient (Wildman–Crippen LogP) is 0.213. The second-order valence-electron chi connectivity index (χ2n) is 4.17. The van der Waals surface area contributed by atoms with Crippen molar-refractivity contribution in [2.45, 2.75) is 36.6 Å². The summed E-state index contributed by atoms with van der Waals surface area (Å²) >= 11 is 0. The number of rotatable bonds is 3. The largest absolute Gasteiger partial charge is 0.383 e. The van der Waals surface area contributed by atoms with Crippen LogP contribution in [0.2, 0.25) is 0 Å². The molecule has 0 amide bonds. The van der Waals surface area contributed by atoms with Crippen molar-refractivity contribution < 1.29 is 8.42 Å². The highest BCUT2D eigenvalue weighted by atomic mass is 32.2. The zero-order valence-corrected chi connectivity index (χ0v) is 9.26. The Hall–Kier alpha value is -1.08. The van der Waals surface area contributed by atoms with Gasteiger partial charge in [0.25, 0.3) is 0 Å². The maximum atomic E-state index is 11.9. The highest BCUT2D eigenvalue weighted by molar-refractivity contribution is 7.89. The van der Waals surface area contributed by atoms with Crippen LogP contribution >= 0.6 is 0 Å². The summed E-state index contributed by atoms with van der Waals surface area (Å²) in [6, 6.07) is 0. The molecule has 1 saturated carbocycles. The van der Waals surface area contributed by atoms with Crippen LogP contribution < -0.4 is 10.5 Å². The monoisotopic (exact) mass is 230 g/mol. The molecule has 0 saturated heterocycles. The second-order valence-corrected chi connectivity index (χ2v) is 5.82. The molecule has 0 aliphatic heterocycles. The minimum absolute atomic E-state index is 0.0237. The van der Waals surface area contributed by atoms with Gasteiger partial charge in [-0.3, -0.25) is 5.10 Å². The summed E-state index contributed by atoms with van der Waals surface area (Å²) in [5.41, 5.74) is 5.15. The average molecular weight is 230 g/mol. The molecular weight excluding hydrogens is 216 g/mol. The number of anilines is 1. The Kier molecular flexibility index (Phi) is 2.23. The molecule has 0 spiro atoms. The maximum absolute atomic E-state index is 11.9. The van der Waals surface area contributed by atoms with Crippen molar-refractivity contribution in [1.29, 1.82) is 0 Å². The molecule has 0 unspecified atom stereocenters. The molecule has 84 valence electrons. The van der Waals surface area contributed by atoms with E-state index in [0.717, 1.165) is 19.3 Å². The van der Waals surface area contributed by atoms with Crippen LogP contribution in [0.1, 0.15) is 26.2 Å². The van der Waals surface area contributed by atoms with E-state index >= 15 is 0 Å². The van der Waals surface area contributed by atoms with Gasteiger partial charge >= 0.3 is 0 Å². The molecule has 0 atom stereocenters. The van der Waals surface area contributed by atoms with E-state index in [9.17, 15) is 8.42 Å². The third kappa shape index (κ3) is 1.84. The minimum Gasteiger partial charge on any atom is -0.383 e. The van der Waals surface area contributed by atoms with E-state index < -0.39 is 10.0 Å². The van der Waals surface area contributed by atoms with Gasteiger partial charge in [0.1, 0.15) is 10.7 Å². The fourth-order valence-corrected chi connectivity index (χ4v) is 3.18. The van der Waals surface area contributed by atoms with Gasteiger partial charge < -0.3 is 5.73 Å². The van der Waals surface area contributed by atoms with Crippen LogP contribution in [0, 0.1) is 0 Å². The Bertz CT molecular complexity index is 461. The van der Waals surface area contributed by atoms with Gasteiger partial charge in [-0.15, -0.1) is 0 Å². The lowest BCUT2D eigenvalue weighted by atomic mass is 9.80. The van der Waals surface area contributed by atoms with Crippen LogP contribution in [0.4, 0.5) is 5.82 Å². The molecule has 7 heteroatoms. The SMILES string of the molecule is CC1(NS(=O)(=O)c2cn[nH]c2N)CCC1. The Morgan fingerprint density at radius 3 is 2.67 bits per heavy atom. The molecule has 0 aromatic carbocycles. The number of aromatic amines is 1. The molecule has 15 heavy (non-hydrogen) atoms. The van der Waals surface area contributed by atoms with Crippen LogP contribution in [-0.4, -0.2) is 24.2 Å². The van der Waals surface area contributed by atoms with Crippen molar-refractivity contribution in [1.82, 2.24) is 14.9 Å². The molecule has 1 aliphatic rings. The summed E-state index contributed by atoms with van der Waals surface area (Å²) in [4.78, 5) is 0.0237. The van der Waals surface area contributed by atoms with Gasteiger partial charge in [0.2, 0.25) is 10.0 Å².